The van der Waals surface area contributed by atoms with Crippen LogP contribution in [0.2, 0.25) is 0 Å². The summed E-state index contributed by atoms with van der Waals surface area (Å²) >= 11 is 0. The van der Waals surface area contributed by atoms with Crippen LogP contribution in [0.1, 0.15) is 22.9 Å². The normalized spacial score (nSPS) is 17.9. The predicted octanol–water partition coefficient (Wildman–Crippen LogP) is 3.65. The highest BCUT2D eigenvalue weighted by Gasteiger charge is 2.48. The monoisotopic (exact) mass is 424 g/mol. The first-order chi connectivity index (χ1) is 15.6. The molecular weight excluding hydrogens is 402 g/mol. The number of likely N-dealkylation sites (tertiary alicyclic amines) is 1. The number of amides is 1. The fourth-order valence-corrected chi connectivity index (χ4v) is 4.34. The molecule has 158 valence electrons. The van der Waals surface area contributed by atoms with Crippen molar-refractivity contribution in [3.8, 4) is 0 Å². The molecule has 3 heterocycles. The number of aliphatic hydroxyl groups is 1. The van der Waals surface area contributed by atoms with Crippen molar-refractivity contribution in [3.63, 3.8) is 0 Å². The molecule has 6 heteroatoms. The van der Waals surface area contributed by atoms with Crippen molar-refractivity contribution < 1.29 is 19.7 Å². The minimum atomic E-state index is -0.693. The van der Waals surface area contributed by atoms with Crippen LogP contribution in [-0.4, -0.2) is 33.2 Å². The van der Waals surface area contributed by atoms with Crippen LogP contribution >= 0.6 is 0 Å². The first-order valence-corrected chi connectivity index (χ1v) is 10.5. The Morgan fingerprint density at radius 3 is 2.50 bits per heavy atom. The lowest BCUT2D eigenvalue weighted by Gasteiger charge is -2.22. The van der Waals surface area contributed by atoms with Crippen molar-refractivity contribution in [1.29, 1.82) is 0 Å². The Morgan fingerprint density at radius 2 is 1.72 bits per heavy atom. The Morgan fingerprint density at radius 1 is 0.969 bits per heavy atom. The van der Waals surface area contributed by atoms with Gasteiger partial charge >= 0.3 is 0 Å². The molecule has 1 amide bonds. The lowest BCUT2D eigenvalue weighted by molar-refractivity contribution is -0.394. The van der Waals surface area contributed by atoms with E-state index in [-0.39, 0.29) is 11.3 Å². The number of aromatic amines is 2. The lowest BCUT2D eigenvalue weighted by Crippen LogP contribution is -2.34. The maximum Gasteiger partial charge on any atom is 0.295 e. The minimum Gasteiger partial charge on any atom is -0.507 e. The number of H-pyrrole nitrogens is 2. The van der Waals surface area contributed by atoms with Gasteiger partial charge in [-0.25, -0.2) is 4.98 Å². The van der Waals surface area contributed by atoms with Gasteiger partial charge in [-0.3, -0.25) is 9.59 Å². The standard InChI is InChI=1S/C26H21N3O3/c30-24(17-8-2-1-3-9-17)22-23(21-12-6-7-14-27-21)29(26(32)25(22)31)15-13-18-16-28-20-11-5-4-10-19(18)20/h1-12,14,16,23,28,30H,13,15H2/p+1. The number of aliphatic hydroxyl groups excluding tert-OH is 1. The Kier molecular flexibility index (Phi) is 5.03. The number of hydrogen-bond donors (Lipinski definition) is 2. The van der Waals surface area contributed by atoms with E-state index in [9.17, 15) is 14.7 Å². The van der Waals surface area contributed by atoms with Crippen molar-refractivity contribution in [1.82, 2.24) is 9.88 Å². The summed E-state index contributed by atoms with van der Waals surface area (Å²) in [5, 5.41) is 12.1. The summed E-state index contributed by atoms with van der Waals surface area (Å²) in [6.45, 7) is 0.339. The van der Waals surface area contributed by atoms with Gasteiger partial charge in [-0.1, -0.05) is 54.6 Å². The van der Waals surface area contributed by atoms with Crippen LogP contribution in [0, 0.1) is 0 Å². The van der Waals surface area contributed by atoms with Crippen LogP contribution in [0.25, 0.3) is 16.7 Å². The van der Waals surface area contributed by atoms with Crippen molar-refractivity contribution in [2.24, 2.45) is 0 Å². The second-order valence-corrected chi connectivity index (χ2v) is 7.79. The second kappa shape index (κ2) is 8.15. The largest absolute Gasteiger partial charge is 0.507 e. The number of nitrogens with one attached hydrogen (secondary N) is 2. The molecule has 1 fully saturated rings. The maximum absolute atomic E-state index is 13.1. The first kappa shape index (κ1) is 19.8. The van der Waals surface area contributed by atoms with Gasteiger partial charge in [-0.2, -0.15) is 0 Å². The summed E-state index contributed by atoms with van der Waals surface area (Å²) < 4.78 is 0. The quantitative estimate of drug-likeness (QED) is 0.291. The van der Waals surface area contributed by atoms with Crippen molar-refractivity contribution in [3.05, 3.63) is 108 Å². The van der Waals surface area contributed by atoms with Crippen LogP contribution in [0.3, 0.4) is 0 Å². The number of fused-ring (bicyclic) bond motifs is 1. The fraction of sp³-hybridized carbons (Fsp3) is 0.115. The van der Waals surface area contributed by atoms with E-state index in [4.69, 9.17) is 0 Å². The van der Waals surface area contributed by atoms with E-state index in [0.717, 1.165) is 16.5 Å². The zero-order valence-corrected chi connectivity index (χ0v) is 17.3. The van der Waals surface area contributed by atoms with Gasteiger partial charge in [0.15, 0.2) is 6.20 Å². The highest BCUT2D eigenvalue weighted by atomic mass is 16.3. The smallest absolute Gasteiger partial charge is 0.295 e. The number of benzene rings is 2. The molecule has 1 atom stereocenters. The number of Topliss-reactive ketones (excluding diaryl/α,β-unsaturated/α-hetero) is 1. The van der Waals surface area contributed by atoms with E-state index >= 15 is 0 Å². The first-order valence-electron chi connectivity index (χ1n) is 10.5. The molecule has 1 aliphatic rings. The van der Waals surface area contributed by atoms with E-state index in [1.807, 2.05) is 54.7 Å². The van der Waals surface area contributed by atoms with Crippen LogP contribution in [0.5, 0.6) is 0 Å². The van der Waals surface area contributed by atoms with E-state index in [1.165, 1.54) is 0 Å². The Labute approximate surface area is 184 Å². The molecule has 0 aliphatic carbocycles. The SMILES string of the molecule is O=C1C(=O)N(CCc2c[nH]c3ccccc23)C(c2cccc[nH+]2)C1=C(O)c1ccccc1. The average molecular weight is 424 g/mol. The topological polar surface area (TPSA) is 87.5 Å². The fourth-order valence-electron chi connectivity index (χ4n) is 4.34. The lowest BCUT2D eigenvalue weighted by atomic mass is 9.98. The summed E-state index contributed by atoms with van der Waals surface area (Å²) in [6.07, 6.45) is 4.26. The number of nitrogens with zero attached hydrogens (tertiary/aromatic N) is 1. The second-order valence-electron chi connectivity index (χ2n) is 7.79. The number of hydrogen-bond acceptors (Lipinski definition) is 3. The summed E-state index contributed by atoms with van der Waals surface area (Å²) in [5.74, 6) is -1.45. The summed E-state index contributed by atoms with van der Waals surface area (Å²) in [6, 6.07) is 21.6. The van der Waals surface area contributed by atoms with Crippen LogP contribution < -0.4 is 4.98 Å². The van der Waals surface area contributed by atoms with Gasteiger partial charge in [-0.15, -0.1) is 0 Å². The number of para-hydroxylation sites is 1. The van der Waals surface area contributed by atoms with Crippen molar-refractivity contribution in [2.75, 3.05) is 6.54 Å². The Hall–Kier alpha value is -4.19. The molecule has 0 bridgehead atoms. The van der Waals surface area contributed by atoms with Crippen LogP contribution in [0.15, 0.2) is 90.8 Å². The third-order valence-electron chi connectivity index (χ3n) is 5.91. The molecule has 3 N–H and O–H groups in total. The van der Waals surface area contributed by atoms with Crippen molar-refractivity contribution in [2.45, 2.75) is 12.5 Å². The van der Waals surface area contributed by atoms with Gasteiger partial charge in [0, 0.05) is 41.3 Å². The van der Waals surface area contributed by atoms with Crippen LogP contribution in [-0.2, 0) is 16.0 Å². The van der Waals surface area contributed by atoms with Gasteiger partial charge in [0.05, 0.1) is 5.57 Å². The average Bonchev–Trinajstić information content (AvgIpc) is 3.37. The number of rotatable bonds is 5. The third kappa shape index (κ3) is 3.36. The third-order valence-corrected chi connectivity index (χ3v) is 5.91. The molecule has 0 spiro atoms. The molecule has 1 aliphatic heterocycles. The van der Waals surface area contributed by atoms with E-state index < -0.39 is 17.7 Å². The molecule has 2 aromatic heterocycles. The zero-order valence-electron chi connectivity index (χ0n) is 17.3. The number of carbonyl (C=O) groups is 2. The van der Waals surface area contributed by atoms with Gasteiger partial charge in [-0.05, 0) is 18.1 Å². The van der Waals surface area contributed by atoms with Gasteiger partial charge in [0.1, 0.15) is 11.8 Å². The summed E-state index contributed by atoms with van der Waals surface area (Å²) in [7, 11) is 0. The molecule has 4 aromatic rings. The molecule has 0 radical (unpaired) electrons. The van der Waals surface area contributed by atoms with Gasteiger partial charge in [0.25, 0.3) is 11.7 Å². The highest BCUT2D eigenvalue weighted by molar-refractivity contribution is 6.46. The van der Waals surface area contributed by atoms with E-state index in [2.05, 4.69) is 9.97 Å². The Bertz CT molecular complexity index is 1330. The number of pyridine rings is 1. The molecule has 1 unspecified atom stereocenters. The molecule has 2 aromatic carbocycles. The molecule has 32 heavy (non-hydrogen) atoms. The van der Waals surface area contributed by atoms with E-state index in [1.54, 1.807) is 35.4 Å². The summed E-state index contributed by atoms with van der Waals surface area (Å²) in [5.41, 5.74) is 3.37. The number of ketones is 1. The van der Waals surface area contributed by atoms with Gasteiger partial charge < -0.3 is 15.0 Å². The zero-order chi connectivity index (χ0) is 22.1. The summed E-state index contributed by atoms with van der Waals surface area (Å²) in [4.78, 5) is 34.1. The number of carbonyl (C=O) groups excluding carboxylic acids is 2. The van der Waals surface area contributed by atoms with Crippen LogP contribution in [0.4, 0.5) is 0 Å². The molecule has 6 nitrogen and oxygen atoms in total. The maximum atomic E-state index is 13.1. The molecule has 5 rings (SSSR count). The van der Waals surface area contributed by atoms with E-state index in [0.29, 0.717) is 24.2 Å². The molecule has 0 saturated carbocycles. The van der Waals surface area contributed by atoms with Gasteiger partial charge in [0.2, 0.25) is 5.69 Å². The number of aromatic nitrogens is 2. The minimum absolute atomic E-state index is 0.0996. The van der Waals surface area contributed by atoms with Crippen molar-refractivity contribution >= 4 is 28.4 Å². The molecular formula is C26H22N3O3+. The highest BCUT2D eigenvalue weighted by Crippen LogP contribution is 2.38. The predicted molar refractivity (Wildman–Crippen MR) is 120 cm³/mol. The Balaban J connectivity index is 1.55. The molecule has 1 saturated heterocycles.